The van der Waals surface area contributed by atoms with Crippen molar-refractivity contribution in [3.8, 4) is 0 Å². The van der Waals surface area contributed by atoms with Gasteiger partial charge in [-0.3, -0.25) is 4.98 Å². The molecule has 0 aliphatic heterocycles. The van der Waals surface area contributed by atoms with Crippen LogP contribution in [0.3, 0.4) is 0 Å². The van der Waals surface area contributed by atoms with Crippen molar-refractivity contribution in [2.75, 3.05) is 20.3 Å². The molecule has 0 aromatic carbocycles. The molecule has 0 saturated carbocycles. The third-order valence-corrected chi connectivity index (χ3v) is 2.81. The molecule has 0 amide bonds. The Morgan fingerprint density at radius 1 is 1.53 bits per heavy atom. The number of nitrogens with zero attached hydrogens (tertiary/aromatic N) is 1. The minimum Gasteiger partial charge on any atom is -0.389 e. The van der Waals surface area contributed by atoms with Crippen molar-refractivity contribution in [1.29, 1.82) is 0 Å². The number of ether oxygens (including phenoxy) is 1. The Hall–Kier alpha value is -0.970. The molecule has 0 bridgehead atoms. The van der Waals surface area contributed by atoms with Gasteiger partial charge in [-0.1, -0.05) is 0 Å². The van der Waals surface area contributed by atoms with Gasteiger partial charge >= 0.3 is 0 Å². The first-order chi connectivity index (χ1) is 8.05. The van der Waals surface area contributed by atoms with Crippen LogP contribution in [0.4, 0.5) is 0 Å². The first-order valence-corrected chi connectivity index (χ1v) is 5.87. The van der Waals surface area contributed by atoms with Gasteiger partial charge in [-0.05, 0) is 31.0 Å². The van der Waals surface area contributed by atoms with E-state index in [0.29, 0.717) is 19.6 Å². The number of aromatic nitrogens is 1. The quantitative estimate of drug-likeness (QED) is 0.751. The van der Waals surface area contributed by atoms with Crippen LogP contribution in [-0.2, 0) is 11.3 Å². The molecular weight excluding hydrogens is 216 g/mol. The molecule has 0 fully saturated rings. The van der Waals surface area contributed by atoms with Gasteiger partial charge in [0.1, 0.15) is 0 Å². The van der Waals surface area contributed by atoms with E-state index in [-0.39, 0.29) is 0 Å². The summed E-state index contributed by atoms with van der Waals surface area (Å²) in [7, 11) is 1.64. The molecule has 2 N–H and O–H groups in total. The fourth-order valence-corrected chi connectivity index (χ4v) is 1.56. The van der Waals surface area contributed by atoms with Crippen LogP contribution >= 0.6 is 0 Å². The molecule has 1 heterocycles. The molecule has 1 aromatic rings. The zero-order chi connectivity index (χ0) is 12.7. The second-order valence-corrected chi connectivity index (χ2v) is 4.65. The molecule has 1 rings (SSSR count). The first-order valence-electron chi connectivity index (χ1n) is 5.87. The minimum absolute atomic E-state index is 0.546. The summed E-state index contributed by atoms with van der Waals surface area (Å²) in [6.45, 7) is 5.71. The van der Waals surface area contributed by atoms with E-state index in [1.54, 1.807) is 13.3 Å². The average Bonchev–Trinajstić information content (AvgIpc) is 2.29. The second-order valence-electron chi connectivity index (χ2n) is 4.65. The van der Waals surface area contributed by atoms with Crippen molar-refractivity contribution in [1.82, 2.24) is 10.3 Å². The SMILES string of the molecule is COCCC(C)(O)CNCc1cnccc1C. The monoisotopic (exact) mass is 238 g/mol. The zero-order valence-electron chi connectivity index (χ0n) is 10.9. The summed E-state index contributed by atoms with van der Waals surface area (Å²) in [6, 6.07) is 1.99. The normalized spacial score (nSPS) is 14.6. The summed E-state index contributed by atoms with van der Waals surface area (Å²) < 4.78 is 4.96. The molecule has 0 saturated heterocycles. The lowest BCUT2D eigenvalue weighted by Crippen LogP contribution is -2.38. The van der Waals surface area contributed by atoms with E-state index >= 15 is 0 Å². The van der Waals surface area contributed by atoms with Crippen molar-refractivity contribution in [3.05, 3.63) is 29.6 Å². The lowest BCUT2D eigenvalue weighted by atomic mass is 10.0. The summed E-state index contributed by atoms with van der Waals surface area (Å²) >= 11 is 0. The fraction of sp³-hybridized carbons (Fsp3) is 0.615. The highest BCUT2D eigenvalue weighted by Gasteiger charge is 2.19. The number of pyridine rings is 1. The second kappa shape index (κ2) is 6.69. The Morgan fingerprint density at radius 3 is 2.94 bits per heavy atom. The molecule has 1 aromatic heterocycles. The van der Waals surface area contributed by atoms with Gasteiger partial charge in [-0.2, -0.15) is 0 Å². The van der Waals surface area contributed by atoms with Gasteiger partial charge in [0.15, 0.2) is 0 Å². The summed E-state index contributed by atoms with van der Waals surface area (Å²) in [4.78, 5) is 4.09. The Labute approximate surface area is 103 Å². The lowest BCUT2D eigenvalue weighted by Gasteiger charge is -2.23. The zero-order valence-corrected chi connectivity index (χ0v) is 10.9. The van der Waals surface area contributed by atoms with Crippen LogP contribution in [0, 0.1) is 6.92 Å². The molecule has 0 aliphatic carbocycles. The molecule has 1 atom stereocenters. The number of methoxy groups -OCH3 is 1. The Balaban J connectivity index is 2.35. The van der Waals surface area contributed by atoms with Crippen molar-refractivity contribution in [2.45, 2.75) is 32.4 Å². The van der Waals surface area contributed by atoms with Gasteiger partial charge in [0.25, 0.3) is 0 Å². The van der Waals surface area contributed by atoms with Gasteiger partial charge in [0.2, 0.25) is 0 Å². The van der Waals surface area contributed by atoms with E-state index in [2.05, 4.69) is 17.2 Å². The van der Waals surface area contributed by atoms with E-state index in [1.807, 2.05) is 19.2 Å². The molecule has 4 heteroatoms. The van der Waals surface area contributed by atoms with E-state index in [4.69, 9.17) is 4.74 Å². The van der Waals surface area contributed by atoms with Gasteiger partial charge in [0.05, 0.1) is 5.60 Å². The predicted octanol–water partition coefficient (Wildman–Crippen LogP) is 1.27. The minimum atomic E-state index is -0.730. The third kappa shape index (κ3) is 5.26. The summed E-state index contributed by atoms with van der Waals surface area (Å²) in [5, 5.41) is 13.3. The van der Waals surface area contributed by atoms with E-state index in [1.165, 1.54) is 5.56 Å². The van der Waals surface area contributed by atoms with Crippen LogP contribution in [0.5, 0.6) is 0 Å². The van der Waals surface area contributed by atoms with Crippen molar-refractivity contribution >= 4 is 0 Å². The van der Waals surface area contributed by atoms with Crippen molar-refractivity contribution in [3.63, 3.8) is 0 Å². The van der Waals surface area contributed by atoms with Crippen LogP contribution in [-0.4, -0.2) is 36.0 Å². The number of nitrogens with one attached hydrogen (secondary N) is 1. The maximum Gasteiger partial charge on any atom is 0.0765 e. The van der Waals surface area contributed by atoms with Crippen LogP contribution in [0.25, 0.3) is 0 Å². The van der Waals surface area contributed by atoms with Gasteiger partial charge in [-0.25, -0.2) is 0 Å². The van der Waals surface area contributed by atoms with Crippen LogP contribution in [0.2, 0.25) is 0 Å². The topological polar surface area (TPSA) is 54.4 Å². The smallest absolute Gasteiger partial charge is 0.0765 e. The standard InChI is InChI=1S/C13H22N2O2/c1-11-4-6-14-8-12(11)9-15-10-13(2,16)5-7-17-3/h4,6,8,15-16H,5,7,9-10H2,1-3H3. The number of aliphatic hydroxyl groups is 1. The molecule has 0 radical (unpaired) electrons. The molecule has 0 spiro atoms. The Bertz CT molecular complexity index is 340. The van der Waals surface area contributed by atoms with Gasteiger partial charge in [-0.15, -0.1) is 0 Å². The van der Waals surface area contributed by atoms with Crippen molar-refractivity contribution < 1.29 is 9.84 Å². The molecule has 96 valence electrons. The van der Waals surface area contributed by atoms with E-state index in [9.17, 15) is 5.11 Å². The predicted molar refractivity (Wildman–Crippen MR) is 67.8 cm³/mol. The first kappa shape index (κ1) is 14.1. The van der Waals surface area contributed by atoms with E-state index < -0.39 is 5.60 Å². The highest BCUT2D eigenvalue weighted by Crippen LogP contribution is 2.09. The number of rotatable bonds is 7. The average molecular weight is 238 g/mol. The van der Waals surface area contributed by atoms with Gasteiger partial charge in [0, 0.05) is 45.6 Å². The van der Waals surface area contributed by atoms with Crippen LogP contribution < -0.4 is 5.32 Å². The van der Waals surface area contributed by atoms with Crippen LogP contribution in [0.1, 0.15) is 24.5 Å². The van der Waals surface area contributed by atoms with E-state index in [0.717, 1.165) is 12.1 Å². The summed E-state index contributed by atoms with van der Waals surface area (Å²) in [5.74, 6) is 0. The largest absolute Gasteiger partial charge is 0.389 e. The Kier molecular flexibility index (Phi) is 5.55. The lowest BCUT2D eigenvalue weighted by molar-refractivity contribution is 0.0247. The fourth-order valence-electron chi connectivity index (χ4n) is 1.56. The maximum atomic E-state index is 10.0. The van der Waals surface area contributed by atoms with Crippen molar-refractivity contribution in [2.24, 2.45) is 0 Å². The third-order valence-electron chi connectivity index (χ3n) is 2.81. The molecular formula is C13H22N2O2. The van der Waals surface area contributed by atoms with Gasteiger partial charge < -0.3 is 15.2 Å². The molecule has 4 nitrogen and oxygen atoms in total. The summed E-state index contributed by atoms with van der Waals surface area (Å²) in [5.41, 5.74) is 1.64. The highest BCUT2D eigenvalue weighted by atomic mass is 16.5. The number of hydrogen-bond acceptors (Lipinski definition) is 4. The highest BCUT2D eigenvalue weighted by molar-refractivity contribution is 5.20. The summed E-state index contributed by atoms with van der Waals surface area (Å²) in [6.07, 6.45) is 4.27. The molecule has 17 heavy (non-hydrogen) atoms. The molecule has 0 aliphatic rings. The maximum absolute atomic E-state index is 10.0. The Morgan fingerprint density at radius 2 is 2.29 bits per heavy atom. The number of hydrogen-bond donors (Lipinski definition) is 2. The molecule has 1 unspecified atom stereocenters. The van der Waals surface area contributed by atoms with Crippen LogP contribution in [0.15, 0.2) is 18.5 Å². The number of aryl methyl sites for hydroxylation is 1.